The molecule has 1 saturated heterocycles. The van der Waals surface area contributed by atoms with Gasteiger partial charge in [-0.05, 0) is 45.3 Å². The van der Waals surface area contributed by atoms with Crippen molar-refractivity contribution in [2.24, 2.45) is 0 Å². The van der Waals surface area contributed by atoms with Gasteiger partial charge in [0.15, 0.2) is 0 Å². The average molecular weight is 226 g/mol. The van der Waals surface area contributed by atoms with Gasteiger partial charge >= 0.3 is 0 Å². The SMILES string of the molecule is CCCNC(CCC)CN1CCCCCC1. The van der Waals surface area contributed by atoms with Gasteiger partial charge in [0.1, 0.15) is 0 Å². The van der Waals surface area contributed by atoms with Gasteiger partial charge in [-0.15, -0.1) is 0 Å². The molecule has 1 fully saturated rings. The normalized spacial score (nSPS) is 20.6. The Balaban J connectivity index is 2.27. The molecule has 2 heteroatoms. The number of hydrogen-bond donors (Lipinski definition) is 1. The molecular formula is C14H30N2. The third-order valence-corrected chi connectivity index (χ3v) is 3.50. The quantitative estimate of drug-likeness (QED) is 0.718. The van der Waals surface area contributed by atoms with Gasteiger partial charge in [-0.3, -0.25) is 0 Å². The molecule has 16 heavy (non-hydrogen) atoms. The molecule has 0 spiro atoms. The Labute approximate surface area is 102 Å². The molecule has 0 aromatic rings. The number of rotatable bonds is 7. The van der Waals surface area contributed by atoms with E-state index in [4.69, 9.17) is 0 Å². The number of likely N-dealkylation sites (tertiary alicyclic amines) is 1. The first-order valence-electron chi connectivity index (χ1n) is 7.32. The summed E-state index contributed by atoms with van der Waals surface area (Å²) in [6, 6.07) is 0.725. The van der Waals surface area contributed by atoms with Crippen LogP contribution in [0.5, 0.6) is 0 Å². The lowest BCUT2D eigenvalue weighted by atomic mass is 10.1. The third kappa shape index (κ3) is 5.86. The highest BCUT2D eigenvalue weighted by Crippen LogP contribution is 2.11. The zero-order valence-corrected chi connectivity index (χ0v) is 11.3. The largest absolute Gasteiger partial charge is 0.313 e. The van der Waals surface area contributed by atoms with Gasteiger partial charge in [0.05, 0.1) is 0 Å². The monoisotopic (exact) mass is 226 g/mol. The summed E-state index contributed by atoms with van der Waals surface area (Å²) in [4.78, 5) is 2.68. The molecule has 0 amide bonds. The van der Waals surface area contributed by atoms with Crippen LogP contribution in [-0.2, 0) is 0 Å². The van der Waals surface area contributed by atoms with Crippen molar-refractivity contribution in [2.45, 2.75) is 64.8 Å². The molecule has 0 radical (unpaired) electrons. The molecule has 1 rings (SSSR count). The maximum Gasteiger partial charge on any atom is 0.0194 e. The summed E-state index contributed by atoms with van der Waals surface area (Å²) >= 11 is 0. The lowest BCUT2D eigenvalue weighted by molar-refractivity contribution is 0.243. The van der Waals surface area contributed by atoms with Crippen LogP contribution in [0.2, 0.25) is 0 Å². The molecule has 96 valence electrons. The van der Waals surface area contributed by atoms with Crippen LogP contribution in [-0.4, -0.2) is 37.1 Å². The second-order valence-corrected chi connectivity index (χ2v) is 5.15. The Bertz CT molecular complexity index is 151. The van der Waals surface area contributed by atoms with Gasteiger partial charge in [-0.2, -0.15) is 0 Å². The molecule has 1 aliphatic rings. The van der Waals surface area contributed by atoms with Crippen molar-refractivity contribution in [3.8, 4) is 0 Å². The summed E-state index contributed by atoms with van der Waals surface area (Å²) in [5.74, 6) is 0. The predicted octanol–water partition coefficient (Wildman–Crippen LogP) is 3.03. The lowest BCUT2D eigenvalue weighted by Crippen LogP contribution is -2.41. The van der Waals surface area contributed by atoms with E-state index in [9.17, 15) is 0 Å². The summed E-state index contributed by atoms with van der Waals surface area (Å²) in [5.41, 5.74) is 0. The Morgan fingerprint density at radius 3 is 2.25 bits per heavy atom. The maximum absolute atomic E-state index is 3.70. The van der Waals surface area contributed by atoms with Gasteiger partial charge in [-0.1, -0.05) is 33.1 Å². The van der Waals surface area contributed by atoms with Crippen molar-refractivity contribution in [2.75, 3.05) is 26.2 Å². The van der Waals surface area contributed by atoms with Crippen LogP contribution < -0.4 is 5.32 Å². The Morgan fingerprint density at radius 2 is 1.69 bits per heavy atom. The molecule has 1 atom stereocenters. The van der Waals surface area contributed by atoms with Crippen LogP contribution in [0.15, 0.2) is 0 Å². The molecule has 2 nitrogen and oxygen atoms in total. The highest BCUT2D eigenvalue weighted by molar-refractivity contribution is 4.73. The van der Waals surface area contributed by atoms with Crippen LogP contribution in [0, 0.1) is 0 Å². The van der Waals surface area contributed by atoms with E-state index in [1.165, 1.54) is 71.1 Å². The van der Waals surface area contributed by atoms with E-state index in [0.717, 1.165) is 6.04 Å². The first kappa shape index (κ1) is 14.0. The van der Waals surface area contributed by atoms with Gasteiger partial charge in [-0.25, -0.2) is 0 Å². The summed E-state index contributed by atoms with van der Waals surface area (Å²) in [5, 5.41) is 3.70. The van der Waals surface area contributed by atoms with Crippen LogP contribution in [0.1, 0.15) is 58.8 Å². The van der Waals surface area contributed by atoms with Crippen molar-refractivity contribution in [1.29, 1.82) is 0 Å². The third-order valence-electron chi connectivity index (χ3n) is 3.50. The van der Waals surface area contributed by atoms with Crippen molar-refractivity contribution in [3.05, 3.63) is 0 Å². The molecule has 0 aromatic heterocycles. The van der Waals surface area contributed by atoms with E-state index >= 15 is 0 Å². The van der Waals surface area contributed by atoms with Gasteiger partial charge < -0.3 is 10.2 Å². The Morgan fingerprint density at radius 1 is 1.00 bits per heavy atom. The fourth-order valence-corrected chi connectivity index (χ4v) is 2.59. The van der Waals surface area contributed by atoms with Crippen molar-refractivity contribution < 1.29 is 0 Å². The van der Waals surface area contributed by atoms with Crippen LogP contribution in [0.25, 0.3) is 0 Å². The van der Waals surface area contributed by atoms with Crippen LogP contribution >= 0.6 is 0 Å². The summed E-state index contributed by atoms with van der Waals surface area (Å²) in [7, 11) is 0. The average Bonchev–Trinajstić information content (AvgIpc) is 2.55. The second kappa shape index (κ2) is 9.00. The summed E-state index contributed by atoms with van der Waals surface area (Å²) in [6.07, 6.45) is 9.58. The van der Waals surface area contributed by atoms with Crippen molar-refractivity contribution in [1.82, 2.24) is 10.2 Å². The minimum absolute atomic E-state index is 0.725. The molecule has 1 N–H and O–H groups in total. The van der Waals surface area contributed by atoms with Gasteiger partial charge in [0, 0.05) is 12.6 Å². The minimum Gasteiger partial charge on any atom is -0.313 e. The number of hydrogen-bond acceptors (Lipinski definition) is 2. The molecule has 1 aliphatic heterocycles. The maximum atomic E-state index is 3.70. The number of nitrogens with zero attached hydrogens (tertiary/aromatic N) is 1. The van der Waals surface area contributed by atoms with E-state index in [-0.39, 0.29) is 0 Å². The summed E-state index contributed by atoms with van der Waals surface area (Å²) in [6.45, 7) is 9.65. The second-order valence-electron chi connectivity index (χ2n) is 5.15. The highest BCUT2D eigenvalue weighted by Gasteiger charge is 2.14. The van der Waals surface area contributed by atoms with Crippen LogP contribution in [0.3, 0.4) is 0 Å². The van der Waals surface area contributed by atoms with Gasteiger partial charge in [0.25, 0.3) is 0 Å². The van der Waals surface area contributed by atoms with Crippen molar-refractivity contribution in [3.63, 3.8) is 0 Å². The number of nitrogens with one attached hydrogen (secondary N) is 1. The first-order chi connectivity index (χ1) is 7.86. The fraction of sp³-hybridized carbons (Fsp3) is 1.00. The molecule has 0 bridgehead atoms. The fourth-order valence-electron chi connectivity index (χ4n) is 2.59. The molecule has 0 aliphatic carbocycles. The first-order valence-corrected chi connectivity index (χ1v) is 7.32. The molecule has 1 unspecified atom stereocenters. The lowest BCUT2D eigenvalue weighted by Gasteiger charge is -2.26. The molecule has 0 aromatic carbocycles. The minimum atomic E-state index is 0.725. The zero-order valence-electron chi connectivity index (χ0n) is 11.3. The van der Waals surface area contributed by atoms with Crippen LogP contribution in [0.4, 0.5) is 0 Å². The molecule has 1 heterocycles. The zero-order chi connectivity index (χ0) is 11.6. The van der Waals surface area contributed by atoms with E-state index < -0.39 is 0 Å². The Hall–Kier alpha value is -0.0800. The van der Waals surface area contributed by atoms with Gasteiger partial charge in [0.2, 0.25) is 0 Å². The van der Waals surface area contributed by atoms with E-state index in [1.54, 1.807) is 0 Å². The topological polar surface area (TPSA) is 15.3 Å². The summed E-state index contributed by atoms with van der Waals surface area (Å²) < 4.78 is 0. The smallest absolute Gasteiger partial charge is 0.0194 e. The Kier molecular flexibility index (Phi) is 7.87. The van der Waals surface area contributed by atoms with Crippen molar-refractivity contribution >= 4 is 0 Å². The molecule has 0 saturated carbocycles. The van der Waals surface area contributed by atoms with E-state index in [0.29, 0.717) is 0 Å². The standard InChI is InChI=1S/C14H30N2/c1-3-9-14(15-10-4-2)13-16-11-7-5-6-8-12-16/h14-15H,3-13H2,1-2H3. The highest BCUT2D eigenvalue weighted by atomic mass is 15.1. The predicted molar refractivity (Wildman–Crippen MR) is 71.9 cm³/mol. The molecular weight excluding hydrogens is 196 g/mol. The van der Waals surface area contributed by atoms with E-state index in [2.05, 4.69) is 24.1 Å². The van der Waals surface area contributed by atoms with E-state index in [1.807, 2.05) is 0 Å².